The van der Waals surface area contributed by atoms with Gasteiger partial charge in [0, 0.05) is 17.0 Å². The molecule has 2 rings (SSSR count). The molecule has 1 amide bonds. The summed E-state index contributed by atoms with van der Waals surface area (Å²) in [6.45, 7) is -0.960. The molecule has 1 aromatic carbocycles. The van der Waals surface area contributed by atoms with Crippen molar-refractivity contribution in [2.24, 2.45) is 5.41 Å². The summed E-state index contributed by atoms with van der Waals surface area (Å²) in [6.07, 6.45) is 2.60. The molecule has 1 fully saturated rings. The normalized spacial score (nSPS) is 24.5. The van der Waals surface area contributed by atoms with E-state index in [-0.39, 0.29) is 36.1 Å². The molecule has 0 aromatic heterocycles. The maximum absolute atomic E-state index is 12.4. The van der Waals surface area contributed by atoms with Gasteiger partial charge in [-0.3, -0.25) is 4.79 Å². The Morgan fingerprint density at radius 3 is 2.91 bits per heavy atom. The third kappa shape index (κ3) is 3.94. The van der Waals surface area contributed by atoms with E-state index in [9.17, 15) is 18.7 Å². The molecular weight excluding hydrogens is 292 g/mol. The zero-order valence-electron chi connectivity index (χ0n) is 12.5. The van der Waals surface area contributed by atoms with Gasteiger partial charge in [0.25, 0.3) is 0 Å². The number of carbonyl (C=O) groups is 1. The van der Waals surface area contributed by atoms with E-state index >= 15 is 0 Å². The summed E-state index contributed by atoms with van der Waals surface area (Å²) < 4.78 is 29.1. The first kappa shape index (κ1) is 16.7. The summed E-state index contributed by atoms with van der Waals surface area (Å²) >= 11 is 0. The van der Waals surface area contributed by atoms with Crippen molar-refractivity contribution in [2.75, 3.05) is 6.61 Å². The van der Waals surface area contributed by atoms with Gasteiger partial charge in [-0.2, -0.15) is 8.78 Å². The zero-order valence-corrected chi connectivity index (χ0v) is 12.5. The number of halogens is 2. The molecule has 0 bridgehead atoms. The van der Waals surface area contributed by atoms with Crippen LogP contribution in [0.15, 0.2) is 24.3 Å². The lowest BCUT2D eigenvalue weighted by atomic mass is 9.85. The van der Waals surface area contributed by atoms with Gasteiger partial charge in [-0.25, -0.2) is 0 Å². The fourth-order valence-corrected chi connectivity index (χ4v) is 2.95. The molecule has 1 aliphatic carbocycles. The maximum atomic E-state index is 12.4. The summed E-state index contributed by atoms with van der Waals surface area (Å²) in [5, 5.41) is 12.4. The average Bonchev–Trinajstić information content (AvgIpc) is 2.82. The van der Waals surface area contributed by atoms with Gasteiger partial charge in [0.2, 0.25) is 5.91 Å². The predicted octanol–water partition coefficient (Wildman–Crippen LogP) is 2.50. The van der Waals surface area contributed by atoms with Crippen LogP contribution in [-0.2, 0) is 11.2 Å². The highest BCUT2D eigenvalue weighted by Crippen LogP contribution is 2.37. The van der Waals surface area contributed by atoms with E-state index in [1.54, 1.807) is 18.2 Å². The van der Waals surface area contributed by atoms with Crippen molar-refractivity contribution >= 4 is 5.91 Å². The highest BCUT2D eigenvalue weighted by molar-refractivity contribution is 5.79. The molecule has 1 saturated carbocycles. The Bertz CT molecular complexity index is 524. The van der Waals surface area contributed by atoms with Gasteiger partial charge in [0.1, 0.15) is 5.75 Å². The van der Waals surface area contributed by atoms with Crippen LogP contribution in [0.2, 0.25) is 0 Å². The number of aliphatic hydroxyl groups is 1. The number of hydrogen-bond donors (Lipinski definition) is 2. The molecule has 6 heteroatoms. The topological polar surface area (TPSA) is 58.6 Å². The standard InChI is InChI=1S/C16H21F2NO3/c1-16(10-20)8-4-7-13(16)19-14(21)9-11-5-2-3-6-12(11)22-15(17)18/h2-3,5-6,13,15,20H,4,7-10H2,1H3,(H,19,21). The molecule has 2 atom stereocenters. The van der Waals surface area contributed by atoms with Crippen LogP contribution < -0.4 is 10.1 Å². The van der Waals surface area contributed by atoms with Crippen LogP contribution in [0.3, 0.4) is 0 Å². The Kier molecular flexibility index (Phi) is 5.34. The maximum Gasteiger partial charge on any atom is 0.387 e. The number of para-hydroxylation sites is 1. The number of aliphatic hydroxyl groups excluding tert-OH is 1. The highest BCUT2D eigenvalue weighted by atomic mass is 19.3. The lowest BCUT2D eigenvalue weighted by molar-refractivity contribution is -0.122. The van der Waals surface area contributed by atoms with Gasteiger partial charge in [0.15, 0.2) is 0 Å². The Balaban J connectivity index is 2.01. The number of rotatable bonds is 6. The first-order valence-electron chi connectivity index (χ1n) is 7.37. The van der Waals surface area contributed by atoms with E-state index in [1.165, 1.54) is 6.07 Å². The predicted molar refractivity (Wildman–Crippen MR) is 77.8 cm³/mol. The third-order valence-corrected chi connectivity index (χ3v) is 4.32. The minimum Gasteiger partial charge on any atom is -0.435 e. The second-order valence-corrected chi connectivity index (χ2v) is 5.99. The summed E-state index contributed by atoms with van der Waals surface area (Å²) in [5.74, 6) is -0.235. The number of hydrogen-bond acceptors (Lipinski definition) is 3. The van der Waals surface area contributed by atoms with Crippen molar-refractivity contribution in [2.45, 2.75) is 45.3 Å². The van der Waals surface area contributed by atoms with Crippen LogP contribution in [-0.4, -0.2) is 30.3 Å². The van der Waals surface area contributed by atoms with Crippen molar-refractivity contribution in [3.05, 3.63) is 29.8 Å². The highest BCUT2D eigenvalue weighted by Gasteiger charge is 2.39. The molecule has 2 N–H and O–H groups in total. The molecule has 0 aliphatic heterocycles. The van der Waals surface area contributed by atoms with Crippen LogP contribution in [0, 0.1) is 5.41 Å². The summed E-state index contributed by atoms with van der Waals surface area (Å²) in [5.41, 5.74) is 0.110. The van der Waals surface area contributed by atoms with Crippen molar-refractivity contribution < 1.29 is 23.4 Å². The average molecular weight is 313 g/mol. The van der Waals surface area contributed by atoms with E-state index in [0.29, 0.717) is 5.56 Å². The molecule has 4 nitrogen and oxygen atoms in total. The van der Waals surface area contributed by atoms with Crippen LogP contribution in [0.4, 0.5) is 8.78 Å². The zero-order chi connectivity index (χ0) is 16.2. The van der Waals surface area contributed by atoms with Gasteiger partial charge >= 0.3 is 6.61 Å². The van der Waals surface area contributed by atoms with E-state index in [4.69, 9.17) is 0 Å². The molecule has 0 heterocycles. The van der Waals surface area contributed by atoms with Crippen molar-refractivity contribution in [1.29, 1.82) is 0 Å². The Morgan fingerprint density at radius 1 is 1.50 bits per heavy atom. The minimum atomic E-state index is -2.92. The molecule has 2 unspecified atom stereocenters. The molecular formula is C16H21F2NO3. The van der Waals surface area contributed by atoms with Crippen molar-refractivity contribution in [3.63, 3.8) is 0 Å². The van der Waals surface area contributed by atoms with Gasteiger partial charge in [-0.05, 0) is 18.9 Å². The number of alkyl halides is 2. The fourth-order valence-electron chi connectivity index (χ4n) is 2.95. The van der Waals surface area contributed by atoms with Gasteiger partial charge in [-0.15, -0.1) is 0 Å². The second-order valence-electron chi connectivity index (χ2n) is 5.99. The lowest BCUT2D eigenvalue weighted by Gasteiger charge is -2.30. The third-order valence-electron chi connectivity index (χ3n) is 4.32. The first-order valence-corrected chi connectivity index (χ1v) is 7.37. The van der Waals surface area contributed by atoms with E-state index in [1.807, 2.05) is 6.92 Å². The lowest BCUT2D eigenvalue weighted by Crippen LogP contribution is -2.45. The van der Waals surface area contributed by atoms with Crippen molar-refractivity contribution in [1.82, 2.24) is 5.32 Å². The molecule has 1 aliphatic rings. The number of nitrogens with one attached hydrogen (secondary N) is 1. The molecule has 0 radical (unpaired) electrons. The van der Waals surface area contributed by atoms with Gasteiger partial charge in [-0.1, -0.05) is 31.5 Å². The van der Waals surface area contributed by atoms with Crippen LogP contribution >= 0.6 is 0 Å². The quantitative estimate of drug-likeness (QED) is 0.848. The number of amides is 1. The minimum absolute atomic E-state index is 0.0169. The van der Waals surface area contributed by atoms with Crippen LogP contribution in [0.25, 0.3) is 0 Å². The SMILES string of the molecule is CC1(CO)CCCC1NC(=O)Cc1ccccc1OC(F)F. The van der Waals surface area contributed by atoms with Gasteiger partial charge in [0.05, 0.1) is 13.0 Å². The Hall–Kier alpha value is -1.69. The van der Waals surface area contributed by atoms with E-state index in [0.717, 1.165) is 19.3 Å². The number of benzene rings is 1. The summed E-state index contributed by atoms with van der Waals surface area (Å²) in [7, 11) is 0. The molecule has 122 valence electrons. The van der Waals surface area contributed by atoms with Gasteiger partial charge < -0.3 is 15.2 Å². The fraction of sp³-hybridized carbons (Fsp3) is 0.562. The van der Waals surface area contributed by atoms with Crippen LogP contribution in [0.5, 0.6) is 5.75 Å². The number of ether oxygens (including phenoxy) is 1. The van der Waals surface area contributed by atoms with E-state index in [2.05, 4.69) is 10.1 Å². The summed E-state index contributed by atoms with van der Waals surface area (Å²) in [4.78, 5) is 12.2. The second kappa shape index (κ2) is 7.05. The van der Waals surface area contributed by atoms with E-state index < -0.39 is 6.61 Å². The van der Waals surface area contributed by atoms with Crippen LogP contribution in [0.1, 0.15) is 31.7 Å². The number of carbonyl (C=O) groups excluding carboxylic acids is 1. The molecule has 1 aromatic rings. The molecule has 0 spiro atoms. The summed E-state index contributed by atoms with van der Waals surface area (Å²) in [6, 6.07) is 6.18. The van der Waals surface area contributed by atoms with Crippen molar-refractivity contribution in [3.8, 4) is 5.75 Å². The monoisotopic (exact) mass is 313 g/mol. The molecule has 22 heavy (non-hydrogen) atoms. The Labute approximate surface area is 128 Å². The smallest absolute Gasteiger partial charge is 0.387 e. The Morgan fingerprint density at radius 2 is 2.23 bits per heavy atom. The first-order chi connectivity index (χ1) is 10.4. The molecule has 0 saturated heterocycles. The largest absolute Gasteiger partial charge is 0.435 e.